The van der Waals surface area contributed by atoms with Crippen LogP contribution in [-0.4, -0.2) is 31.5 Å². The lowest BCUT2D eigenvalue weighted by molar-refractivity contribution is -0.143. The maximum absolute atomic E-state index is 13.7. The van der Waals surface area contributed by atoms with Gasteiger partial charge in [-0.2, -0.15) is 0 Å². The second kappa shape index (κ2) is 11.9. The number of hydrogen-bond donors (Lipinski definition) is 0. The molecule has 7 nitrogen and oxygen atoms in total. The minimum absolute atomic E-state index is 0.145. The van der Waals surface area contributed by atoms with Gasteiger partial charge in [0.2, 0.25) is 0 Å². The van der Waals surface area contributed by atoms with Crippen molar-refractivity contribution in [2.75, 3.05) is 18.6 Å². The summed E-state index contributed by atoms with van der Waals surface area (Å²) in [4.78, 5) is 39.1. The lowest BCUT2D eigenvalue weighted by Crippen LogP contribution is -2.32. The number of esters is 2. The Hall–Kier alpha value is -4.13. The molecule has 0 saturated carbocycles. The van der Waals surface area contributed by atoms with Crippen molar-refractivity contribution in [1.82, 2.24) is 0 Å². The van der Waals surface area contributed by atoms with Crippen LogP contribution in [-0.2, 0) is 22.4 Å². The molecular formula is C33H37NO6. The van der Waals surface area contributed by atoms with Gasteiger partial charge in [0.05, 0.1) is 18.2 Å². The van der Waals surface area contributed by atoms with Crippen molar-refractivity contribution in [3.05, 3.63) is 82.9 Å². The van der Waals surface area contributed by atoms with Crippen molar-refractivity contribution in [2.45, 2.75) is 59.8 Å². The van der Waals surface area contributed by atoms with Gasteiger partial charge in [0.25, 0.3) is 5.91 Å². The number of hydrogen-bond acceptors (Lipinski definition) is 6. The molecule has 40 heavy (non-hydrogen) atoms. The van der Waals surface area contributed by atoms with Crippen LogP contribution in [0.15, 0.2) is 60.7 Å². The minimum atomic E-state index is -0.571. The summed E-state index contributed by atoms with van der Waals surface area (Å²) in [6.07, 6.45) is 2.54. The van der Waals surface area contributed by atoms with Gasteiger partial charge in [-0.3, -0.25) is 14.4 Å². The number of rotatable bonds is 7. The van der Waals surface area contributed by atoms with Gasteiger partial charge in [-0.05, 0) is 112 Å². The van der Waals surface area contributed by atoms with Gasteiger partial charge < -0.3 is 19.1 Å². The Bertz CT molecular complexity index is 1400. The molecule has 4 rings (SSSR count). The number of benzene rings is 3. The smallest absolute Gasteiger partial charge is 0.316 e. The van der Waals surface area contributed by atoms with E-state index in [-0.39, 0.29) is 17.8 Å². The first-order valence-corrected chi connectivity index (χ1v) is 13.6. The summed E-state index contributed by atoms with van der Waals surface area (Å²) in [5.41, 5.74) is 4.23. The SMILES string of the molecule is CCN(C(=O)c1ccc(OC(C)=O)cc1)c1cc(OC)ccc1C1CCc2cc(OC(=O)C(C)(C)C)ccc2C1. The molecule has 0 bridgehead atoms. The molecule has 7 heteroatoms. The van der Waals surface area contributed by atoms with Crippen LogP contribution < -0.4 is 19.1 Å². The molecule has 0 heterocycles. The molecule has 0 radical (unpaired) electrons. The molecule has 0 aromatic heterocycles. The first kappa shape index (κ1) is 28.9. The highest BCUT2D eigenvalue weighted by molar-refractivity contribution is 6.06. The Morgan fingerprint density at radius 1 is 0.875 bits per heavy atom. The van der Waals surface area contributed by atoms with E-state index in [4.69, 9.17) is 14.2 Å². The normalized spacial score (nSPS) is 14.6. The van der Waals surface area contributed by atoms with Crippen LogP contribution in [0.2, 0.25) is 0 Å². The third kappa shape index (κ3) is 6.53. The van der Waals surface area contributed by atoms with Gasteiger partial charge in [-0.1, -0.05) is 12.1 Å². The van der Waals surface area contributed by atoms with Crippen molar-refractivity contribution in [3.8, 4) is 17.2 Å². The number of amides is 1. The summed E-state index contributed by atoms with van der Waals surface area (Å²) in [5, 5.41) is 0. The van der Waals surface area contributed by atoms with Crippen LogP contribution >= 0.6 is 0 Å². The van der Waals surface area contributed by atoms with E-state index >= 15 is 0 Å². The van der Waals surface area contributed by atoms with Crippen LogP contribution in [0.1, 0.15) is 74.0 Å². The number of carbonyl (C=O) groups is 3. The summed E-state index contributed by atoms with van der Waals surface area (Å²) < 4.78 is 16.3. The predicted molar refractivity (Wildman–Crippen MR) is 154 cm³/mol. The molecule has 1 aliphatic rings. The molecule has 1 atom stereocenters. The number of nitrogens with zero attached hydrogens (tertiary/aromatic N) is 1. The molecule has 0 saturated heterocycles. The summed E-state index contributed by atoms with van der Waals surface area (Å²) in [6, 6.07) is 18.4. The largest absolute Gasteiger partial charge is 0.497 e. The van der Waals surface area contributed by atoms with E-state index in [1.807, 2.05) is 58.0 Å². The van der Waals surface area contributed by atoms with Crippen LogP contribution in [0.3, 0.4) is 0 Å². The summed E-state index contributed by atoms with van der Waals surface area (Å²) >= 11 is 0. The molecule has 1 amide bonds. The Labute approximate surface area is 236 Å². The number of anilines is 1. The van der Waals surface area contributed by atoms with Gasteiger partial charge in [-0.15, -0.1) is 0 Å². The number of carbonyl (C=O) groups excluding carboxylic acids is 3. The zero-order chi connectivity index (χ0) is 29.0. The van der Waals surface area contributed by atoms with Crippen molar-refractivity contribution in [1.29, 1.82) is 0 Å². The Kier molecular flexibility index (Phi) is 8.62. The van der Waals surface area contributed by atoms with Crippen molar-refractivity contribution < 1.29 is 28.6 Å². The molecular weight excluding hydrogens is 506 g/mol. The topological polar surface area (TPSA) is 82.1 Å². The van der Waals surface area contributed by atoms with Gasteiger partial charge in [-0.25, -0.2) is 0 Å². The van der Waals surface area contributed by atoms with E-state index in [2.05, 4.69) is 6.07 Å². The van der Waals surface area contributed by atoms with Gasteiger partial charge >= 0.3 is 11.9 Å². The molecule has 3 aromatic rings. The van der Waals surface area contributed by atoms with Crippen LogP contribution in [0.4, 0.5) is 5.69 Å². The van der Waals surface area contributed by atoms with Gasteiger partial charge in [0.15, 0.2) is 0 Å². The zero-order valence-electron chi connectivity index (χ0n) is 24.1. The standard InChI is InChI=1S/C33H37NO6/c1-7-34(31(36)22-10-13-26(14-11-22)39-21(2)35)30-20-27(38-6)16-17-29(30)25-9-8-24-19-28(15-12-23(24)18-25)40-32(37)33(3,4)5/h10-17,19-20,25H,7-9,18H2,1-6H3. The molecule has 0 spiro atoms. The van der Waals surface area contributed by atoms with Gasteiger partial charge in [0.1, 0.15) is 17.2 Å². The fourth-order valence-corrected chi connectivity index (χ4v) is 4.96. The minimum Gasteiger partial charge on any atom is -0.497 e. The number of fused-ring (bicyclic) bond motifs is 1. The monoisotopic (exact) mass is 543 g/mol. The molecule has 210 valence electrons. The maximum atomic E-state index is 13.7. The Balaban J connectivity index is 1.61. The first-order chi connectivity index (χ1) is 19.0. The van der Waals surface area contributed by atoms with E-state index in [0.717, 1.165) is 30.5 Å². The van der Waals surface area contributed by atoms with E-state index in [0.29, 0.717) is 29.4 Å². The van der Waals surface area contributed by atoms with Crippen LogP contribution in [0.5, 0.6) is 17.2 Å². The lowest BCUT2D eigenvalue weighted by Gasteiger charge is -2.31. The fourth-order valence-electron chi connectivity index (χ4n) is 4.96. The lowest BCUT2D eigenvalue weighted by atomic mass is 9.79. The predicted octanol–water partition coefficient (Wildman–Crippen LogP) is 6.51. The fraction of sp³-hybridized carbons (Fsp3) is 0.364. The molecule has 0 fully saturated rings. The quantitative estimate of drug-likeness (QED) is 0.250. The Morgan fingerprint density at radius 3 is 2.17 bits per heavy atom. The van der Waals surface area contributed by atoms with E-state index in [1.54, 1.807) is 36.3 Å². The highest BCUT2D eigenvalue weighted by Crippen LogP contribution is 2.40. The van der Waals surface area contributed by atoms with Gasteiger partial charge in [0, 0.05) is 25.1 Å². The highest BCUT2D eigenvalue weighted by Gasteiger charge is 2.28. The van der Waals surface area contributed by atoms with E-state index in [1.165, 1.54) is 18.1 Å². The average molecular weight is 544 g/mol. The van der Waals surface area contributed by atoms with E-state index < -0.39 is 11.4 Å². The summed E-state index contributed by atoms with van der Waals surface area (Å²) in [7, 11) is 1.62. The number of ether oxygens (including phenoxy) is 3. The van der Waals surface area contributed by atoms with Crippen molar-refractivity contribution >= 4 is 23.5 Å². The van der Waals surface area contributed by atoms with Crippen LogP contribution in [0, 0.1) is 5.41 Å². The third-order valence-corrected chi connectivity index (χ3v) is 7.12. The van der Waals surface area contributed by atoms with E-state index in [9.17, 15) is 14.4 Å². The van der Waals surface area contributed by atoms with Crippen LogP contribution in [0.25, 0.3) is 0 Å². The molecule has 3 aromatic carbocycles. The molecule has 0 aliphatic heterocycles. The van der Waals surface area contributed by atoms with Crippen molar-refractivity contribution in [3.63, 3.8) is 0 Å². The summed E-state index contributed by atoms with van der Waals surface area (Å²) in [6.45, 7) is 9.28. The first-order valence-electron chi connectivity index (χ1n) is 13.6. The average Bonchev–Trinajstić information content (AvgIpc) is 2.92. The second-order valence-electron chi connectivity index (χ2n) is 11.1. The Morgan fingerprint density at radius 2 is 1.55 bits per heavy atom. The highest BCUT2D eigenvalue weighted by atomic mass is 16.5. The molecule has 1 unspecified atom stereocenters. The second-order valence-corrected chi connectivity index (χ2v) is 11.1. The third-order valence-electron chi connectivity index (χ3n) is 7.12. The van der Waals surface area contributed by atoms with Crippen molar-refractivity contribution in [2.24, 2.45) is 5.41 Å². The maximum Gasteiger partial charge on any atom is 0.316 e. The molecule has 1 aliphatic carbocycles. The number of aryl methyl sites for hydroxylation is 1. The molecule has 0 N–H and O–H groups in total. The zero-order valence-corrected chi connectivity index (χ0v) is 24.1. The summed E-state index contributed by atoms with van der Waals surface area (Å²) in [5.74, 6) is 1.03. The number of methoxy groups -OCH3 is 1.